The molecule has 2 atom stereocenters. The molecular formula is C11H14Cl2N2. The zero-order valence-electron chi connectivity index (χ0n) is 8.42. The summed E-state index contributed by atoms with van der Waals surface area (Å²) < 4.78 is 0. The molecule has 2 nitrogen and oxygen atoms in total. The van der Waals surface area contributed by atoms with E-state index in [1.807, 2.05) is 6.07 Å². The summed E-state index contributed by atoms with van der Waals surface area (Å²) >= 11 is 12.0. The zero-order valence-corrected chi connectivity index (χ0v) is 9.93. The predicted octanol–water partition coefficient (Wildman–Crippen LogP) is 3.55. The molecule has 1 aromatic rings. The van der Waals surface area contributed by atoms with Gasteiger partial charge in [-0.15, -0.1) is 11.6 Å². The fourth-order valence-corrected chi connectivity index (χ4v) is 2.65. The molecule has 1 saturated carbocycles. The van der Waals surface area contributed by atoms with Crippen molar-refractivity contribution in [3.05, 3.63) is 23.5 Å². The van der Waals surface area contributed by atoms with Crippen LogP contribution in [0.5, 0.6) is 0 Å². The number of hydrogen-bond acceptors (Lipinski definition) is 2. The lowest BCUT2D eigenvalue weighted by Crippen LogP contribution is -2.25. The largest absolute Gasteiger partial charge is 0.381 e. The first-order valence-electron chi connectivity index (χ1n) is 5.23. The van der Waals surface area contributed by atoms with Gasteiger partial charge in [-0.2, -0.15) is 0 Å². The van der Waals surface area contributed by atoms with E-state index in [4.69, 9.17) is 23.2 Å². The summed E-state index contributed by atoms with van der Waals surface area (Å²) in [5, 5.41) is 4.13. The smallest absolute Gasteiger partial charge is 0.0820 e. The Kier molecular flexibility index (Phi) is 3.71. The molecule has 1 heterocycles. The van der Waals surface area contributed by atoms with E-state index in [2.05, 4.69) is 10.3 Å². The zero-order chi connectivity index (χ0) is 10.7. The number of rotatable bonds is 3. The third-order valence-corrected chi connectivity index (χ3v) is 3.67. The van der Waals surface area contributed by atoms with Gasteiger partial charge in [-0.25, -0.2) is 0 Å². The maximum Gasteiger partial charge on any atom is 0.0820 e. The van der Waals surface area contributed by atoms with Gasteiger partial charge in [-0.3, -0.25) is 4.98 Å². The van der Waals surface area contributed by atoms with Crippen molar-refractivity contribution >= 4 is 28.9 Å². The van der Waals surface area contributed by atoms with Gasteiger partial charge in [-0.1, -0.05) is 18.0 Å². The second kappa shape index (κ2) is 5.04. The molecular weight excluding hydrogens is 231 g/mol. The normalized spacial score (nSPS) is 25.5. The molecule has 0 amide bonds. The average molecular weight is 245 g/mol. The Labute approximate surface area is 100.0 Å². The van der Waals surface area contributed by atoms with Crippen molar-refractivity contribution in [1.29, 1.82) is 0 Å². The van der Waals surface area contributed by atoms with Gasteiger partial charge in [0.15, 0.2) is 0 Å². The minimum absolute atomic E-state index is 0.461. The topological polar surface area (TPSA) is 24.9 Å². The number of alkyl halides is 1. The third kappa shape index (κ3) is 2.56. The summed E-state index contributed by atoms with van der Waals surface area (Å²) in [5.74, 6) is 1.29. The summed E-state index contributed by atoms with van der Waals surface area (Å²) in [6, 6.07) is 2.37. The Morgan fingerprint density at radius 3 is 3.07 bits per heavy atom. The average Bonchev–Trinajstić information content (AvgIpc) is 2.69. The molecule has 82 valence electrons. The van der Waals surface area contributed by atoms with Crippen molar-refractivity contribution in [1.82, 2.24) is 4.98 Å². The molecule has 1 fully saturated rings. The molecule has 0 radical (unpaired) electrons. The molecule has 1 N–H and O–H groups in total. The van der Waals surface area contributed by atoms with Gasteiger partial charge in [0.25, 0.3) is 0 Å². The predicted molar refractivity (Wildman–Crippen MR) is 64.7 cm³/mol. The van der Waals surface area contributed by atoms with E-state index in [1.165, 1.54) is 19.3 Å². The first-order valence-corrected chi connectivity index (χ1v) is 6.14. The maximum absolute atomic E-state index is 6.04. The van der Waals surface area contributed by atoms with Crippen LogP contribution >= 0.6 is 23.2 Å². The van der Waals surface area contributed by atoms with Gasteiger partial charge in [0, 0.05) is 24.3 Å². The summed E-state index contributed by atoms with van der Waals surface area (Å²) in [4.78, 5) is 3.96. The van der Waals surface area contributed by atoms with Crippen LogP contribution in [-0.4, -0.2) is 16.9 Å². The molecule has 4 heteroatoms. The van der Waals surface area contributed by atoms with Gasteiger partial charge in [0.05, 0.1) is 10.7 Å². The van der Waals surface area contributed by atoms with E-state index in [9.17, 15) is 0 Å². The highest BCUT2D eigenvalue weighted by Crippen LogP contribution is 2.31. The second-order valence-electron chi connectivity index (χ2n) is 3.95. The minimum atomic E-state index is 0.461. The maximum atomic E-state index is 6.04. The van der Waals surface area contributed by atoms with Crippen molar-refractivity contribution in [3.8, 4) is 0 Å². The van der Waals surface area contributed by atoms with Crippen molar-refractivity contribution in [2.24, 2.45) is 5.92 Å². The van der Waals surface area contributed by atoms with E-state index in [1.54, 1.807) is 12.4 Å². The van der Waals surface area contributed by atoms with Crippen molar-refractivity contribution in [2.75, 3.05) is 11.2 Å². The van der Waals surface area contributed by atoms with E-state index < -0.39 is 0 Å². The van der Waals surface area contributed by atoms with Crippen LogP contribution in [-0.2, 0) is 0 Å². The van der Waals surface area contributed by atoms with E-state index in [-0.39, 0.29) is 0 Å². The Hall–Kier alpha value is -0.470. The lowest BCUT2D eigenvalue weighted by Gasteiger charge is -2.20. The number of aromatic nitrogens is 1. The van der Waals surface area contributed by atoms with E-state index >= 15 is 0 Å². The van der Waals surface area contributed by atoms with Gasteiger partial charge in [-0.05, 0) is 24.8 Å². The van der Waals surface area contributed by atoms with Gasteiger partial charge < -0.3 is 5.32 Å². The van der Waals surface area contributed by atoms with Gasteiger partial charge in [0.1, 0.15) is 0 Å². The summed E-state index contributed by atoms with van der Waals surface area (Å²) in [7, 11) is 0. The van der Waals surface area contributed by atoms with Crippen molar-refractivity contribution in [2.45, 2.75) is 25.3 Å². The van der Waals surface area contributed by atoms with Crippen LogP contribution in [0.2, 0.25) is 5.02 Å². The summed E-state index contributed by atoms with van der Waals surface area (Å²) in [5.41, 5.74) is 0.966. The lowest BCUT2D eigenvalue weighted by atomic mass is 10.1. The highest BCUT2D eigenvalue weighted by molar-refractivity contribution is 6.33. The highest BCUT2D eigenvalue weighted by Gasteiger charge is 2.26. The van der Waals surface area contributed by atoms with Crippen LogP contribution in [0, 0.1) is 5.92 Å². The SMILES string of the molecule is ClCC1CCCC1Nc1ccncc1Cl. The van der Waals surface area contributed by atoms with E-state index in [0.717, 1.165) is 11.6 Å². The molecule has 2 unspecified atom stereocenters. The van der Waals surface area contributed by atoms with E-state index in [0.29, 0.717) is 17.0 Å². The number of anilines is 1. The van der Waals surface area contributed by atoms with Gasteiger partial charge in [0.2, 0.25) is 0 Å². The molecule has 1 aromatic heterocycles. The Bertz CT molecular complexity index is 330. The van der Waals surface area contributed by atoms with Crippen LogP contribution in [0.4, 0.5) is 5.69 Å². The first-order chi connectivity index (χ1) is 7.31. The monoisotopic (exact) mass is 244 g/mol. The van der Waals surface area contributed by atoms with Crippen LogP contribution in [0.3, 0.4) is 0 Å². The van der Waals surface area contributed by atoms with Crippen LogP contribution < -0.4 is 5.32 Å². The fourth-order valence-electron chi connectivity index (χ4n) is 2.10. The summed E-state index contributed by atoms with van der Waals surface area (Å²) in [6.07, 6.45) is 7.05. The fraction of sp³-hybridized carbons (Fsp3) is 0.545. The molecule has 0 saturated heterocycles. The third-order valence-electron chi connectivity index (χ3n) is 2.97. The number of hydrogen-bond donors (Lipinski definition) is 1. The van der Waals surface area contributed by atoms with Crippen LogP contribution in [0.15, 0.2) is 18.5 Å². The highest BCUT2D eigenvalue weighted by atomic mass is 35.5. The Morgan fingerprint density at radius 2 is 2.33 bits per heavy atom. The quantitative estimate of drug-likeness (QED) is 0.823. The standard InChI is InChI=1S/C11H14Cl2N2/c12-6-8-2-1-3-10(8)15-11-4-5-14-7-9(11)13/h4-5,7-8,10H,1-3,6H2,(H,14,15). The van der Waals surface area contributed by atoms with Crippen molar-refractivity contribution in [3.63, 3.8) is 0 Å². The molecule has 2 rings (SSSR count). The van der Waals surface area contributed by atoms with Crippen molar-refractivity contribution < 1.29 is 0 Å². The van der Waals surface area contributed by atoms with Crippen LogP contribution in [0.25, 0.3) is 0 Å². The van der Waals surface area contributed by atoms with Crippen LogP contribution in [0.1, 0.15) is 19.3 Å². The first kappa shape index (κ1) is 11.0. The molecule has 0 bridgehead atoms. The van der Waals surface area contributed by atoms with Gasteiger partial charge >= 0.3 is 0 Å². The number of pyridine rings is 1. The Balaban J connectivity index is 2.05. The second-order valence-corrected chi connectivity index (χ2v) is 4.67. The molecule has 0 aliphatic heterocycles. The molecule has 15 heavy (non-hydrogen) atoms. The molecule has 1 aliphatic rings. The summed E-state index contributed by atoms with van der Waals surface area (Å²) in [6.45, 7) is 0. The Morgan fingerprint density at radius 1 is 1.47 bits per heavy atom. The number of nitrogens with one attached hydrogen (secondary N) is 1. The lowest BCUT2D eigenvalue weighted by molar-refractivity contribution is 0.562. The molecule has 0 spiro atoms. The number of halogens is 2. The minimum Gasteiger partial charge on any atom is -0.381 e. The molecule has 0 aromatic carbocycles. The number of nitrogens with zero attached hydrogens (tertiary/aromatic N) is 1. The molecule has 1 aliphatic carbocycles.